The summed E-state index contributed by atoms with van der Waals surface area (Å²) in [6, 6.07) is 7.98. The minimum Gasteiger partial charge on any atom is -0.357 e. The van der Waals surface area contributed by atoms with Gasteiger partial charge in [0.15, 0.2) is 5.96 Å². The number of aryl methyl sites for hydroxylation is 1. The molecule has 0 saturated carbocycles. The predicted octanol–water partition coefficient (Wildman–Crippen LogP) is 3.25. The number of imidazole rings is 1. The molecule has 0 radical (unpaired) electrons. The molecule has 0 unspecified atom stereocenters. The molecule has 0 amide bonds. The van der Waals surface area contributed by atoms with Crippen molar-refractivity contribution < 1.29 is 13.2 Å². The first-order valence-electron chi connectivity index (χ1n) is 8.52. The monoisotopic (exact) mass is 367 g/mol. The molecular formula is C18H24F3N5. The predicted molar refractivity (Wildman–Crippen MR) is 96.0 cm³/mol. The van der Waals surface area contributed by atoms with E-state index in [0.717, 1.165) is 17.0 Å². The standard InChI is InChI=1S/C18H24F3N5/c1-3-22-17(24-8-7-18(19,20)21)25-12-15-5-4-6-16(11-15)13-26-10-9-23-14(26)2/h4-6,9-11H,3,7-8,12-13H2,1-2H3,(H2,22,24,25). The van der Waals surface area contributed by atoms with Gasteiger partial charge in [0.1, 0.15) is 5.82 Å². The van der Waals surface area contributed by atoms with Gasteiger partial charge in [-0.1, -0.05) is 24.3 Å². The molecular weight excluding hydrogens is 343 g/mol. The van der Waals surface area contributed by atoms with Crippen LogP contribution in [-0.4, -0.2) is 34.8 Å². The normalized spacial score (nSPS) is 12.3. The average molecular weight is 367 g/mol. The van der Waals surface area contributed by atoms with Gasteiger partial charge >= 0.3 is 6.18 Å². The summed E-state index contributed by atoms with van der Waals surface area (Å²) in [6.07, 6.45) is -1.38. The lowest BCUT2D eigenvalue weighted by Gasteiger charge is -2.12. The number of alkyl halides is 3. The zero-order valence-electron chi connectivity index (χ0n) is 15.0. The number of hydrogen-bond acceptors (Lipinski definition) is 2. The number of hydrogen-bond donors (Lipinski definition) is 2. The van der Waals surface area contributed by atoms with Crippen molar-refractivity contribution in [2.45, 2.75) is 39.5 Å². The number of nitrogens with zero attached hydrogens (tertiary/aromatic N) is 3. The molecule has 2 aromatic rings. The second-order valence-electron chi connectivity index (χ2n) is 5.91. The van der Waals surface area contributed by atoms with Crippen LogP contribution in [0, 0.1) is 6.92 Å². The van der Waals surface area contributed by atoms with Crippen LogP contribution in [0.5, 0.6) is 0 Å². The highest BCUT2D eigenvalue weighted by molar-refractivity contribution is 5.79. The third-order valence-electron chi connectivity index (χ3n) is 3.73. The number of nitrogens with one attached hydrogen (secondary N) is 2. The zero-order valence-corrected chi connectivity index (χ0v) is 15.0. The molecule has 1 aromatic heterocycles. The SMILES string of the molecule is CCNC(=NCc1cccc(Cn2ccnc2C)c1)NCCC(F)(F)F. The third-order valence-corrected chi connectivity index (χ3v) is 3.73. The van der Waals surface area contributed by atoms with E-state index in [9.17, 15) is 13.2 Å². The lowest BCUT2D eigenvalue weighted by atomic mass is 10.1. The fraction of sp³-hybridized carbons (Fsp3) is 0.444. The molecule has 0 aliphatic rings. The van der Waals surface area contributed by atoms with Crippen molar-refractivity contribution in [3.8, 4) is 0 Å². The van der Waals surface area contributed by atoms with Crippen molar-refractivity contribution in [3.63, 3.8) is 0 Å². The van der Waals surface area contributed by atoms with Crippen molar-refractivity contribution >= 4 is 5.96 Å². The second kappa shape index (κ2) is 9.26. The van der Waals surface area contributed by atoms with E-state index in [1.54, 1.807) is 6.20 Å². The van der Waals surface area contributed by atoms with Gasteiger partial charge in [-0.3, -0.25) is 0 Å². The summed E-state index contributed by atoms with van der Waals surface area (Å²) in [7, 11) is 0. The van der Waals surface area contributed by atoms with Crippen molar-refractivity contribution in [1.29, 1.82) is 0 Å². The zero-order chi connectivity index (χ0) is 19.0. The maximum absolute atomic E-state index is 12.3. The van der Waals surface area contributed by atoms with Gasteiger partial charge in [-0.15, -0.1) is 0 Å². The first-order chi connectivity index (χ1) is 12.4. The van der Waals surface area contributed by atoms with Crippen molar-refractivity contribution in [2.24, 2.45) is 4.99 Å². The van der Waals surface area contributed by atoms with E-state index in [0.29, 0.717) is 25.6 Å². The highest BCUT2D eigenvalue weighted by Gasteiger charge is 2.26. The Balaban J connectivity index is 1.97. The van der Waals surface area contributed by atoms with Gasteiger partial charge in [-0.05, 0) is 25.0 Å². The van der Waals surface area contributed by atoms with Crippen LogP contribution < -0.4 is 10.6 Å². The van der Waals surface area contributed by atoms with Gasteiger partial charge in [0.05, 0.1) is 13.0 Å². The van der Waals surface area contributed by atoms with E-state index in [-0.39, 0.29) is 6.54 Å². The molecule has 0 aliphatic heterocycles. The number of aromatic nitrogens is 2. The van der Waals surface area contributed by atoms with E-state index in [2.05, 4.69) is 20.6 Å². The topological polar surface area (TPSA) is 54.2 Å². The fourth-order valence-corrected chi connectivity index (χ4v) is 2.43. The lowest BCUT2D eigenvalue weighted by molar-refractivity contribution is -0.132. The molecule has 1 aromatic carbocycles. The maximum Gasteiger partial charge on any atom is 0.390 e. The van der Waals surface area contributed by atoms with Crippen molar-refractivity contribution in [2.75, 3.05) is 13.1 Å². The average Bonchev–Trinajstić information content (AvgIpc) is 2.97. The minimum atomic E-state index is -4.18. The molecule has 2 rings (SSSR count). The molecule has 0 saturated heterocycles. The van der Waals surface area contributed by atoms with Crippen LogP contribution in [-0.2, 0) is 13.1 Å². The summed E-state index contributed by atoms with van der Waals surface area (Å²) < 4.78 is 38.8. The number of rotatable bonds is 7. The van der Waals surface area contributed by atoms with Gasteiger partial charge < -0.3 is 15.2 Å². The van der Waals surface area contributed by atoms with E-state index in [4.69, 9.17) is 0 Å². The Kier molecular flexibility index (Phi) is 7.06. The van der Waals surface area contributed by atoms with Gasteiger partial charge in [-0.25, -0.2) is 9.98 Å². The Morgan fingerprint density at radius 2 is 2.00 bits per heavy atom. The number of aliphatic imine (C=N–C) groups is 1. The highest BCUT2D eigenvalue weighted by atomic mass is 19.4. The quantitative estimate of drug-likeness (QED) is 0.583. The minimum absolute atomic E-state index is 0.199. The summed E-state index contributed by atoms with van der Waals surface area (Å²) in [4.78, 5) is 8.57. The summed E-state index contributed by atoms with van der Waals surface area (Å²) in [6.45, 7) is 5.30. The Bertz CT molecular complexity index is 722. The van der Waals surface area contributed by atoms with Crippen LogP contribution in [0.2, 0.25) is 0 Å². The Morgan fingerprint density at radius 1 is 1.23 bits per heavy atom. The van der Waals surface area contributed by atoms with E-state index >= 15 is 0 Å². The summed E-state index contributed by atoms with van der Waals surface area (Å²) in [5.41, 5.74) is 2.11. The number of benzene rings is 1. The van der Waals surface area contributed by atoms with E-state index in [1.165, 1.54) is 0 Å². The first-order valence-corrected chi connectivity index (χ1v) is 8.52. The molecule has 8 heteroatoms. The van der Waals surface area contributed by atoms with Crippen molar-refractivity contribution in [3.05, 3.63) is 53.6 Å². The largest absolute Gasteiger partial charge is 0.390 e. The molecule has 0 atom stereocenters. The Morgan fingerprint density at radius 3 is 2.65 bits per heavy atom. The number of guanidine groups is 1. The summed E-state index contributed by atoms with van der Waals surface area (Å²) in [5.74, 6) is 1.32. The molecule has 5 nitrogen and oxygen atoms in total. The lowest BCUT2D eigenvalue weighted by Crippen LogP contribution is -2.38. The van der Waals surface area contributed by atoms with E-state index in [1.807, 2.05) is 48.9 Å². The third kappa shape index (κ3) is 6.78. The van der Waals surface area contributed by atoms with Gasteiger partial charge in [0.25, 0.3) is 0 Å². The molecule has 1 heterocycles. The molecule has 0 fully saturated rings. The number of halogens is 3. The van der Waals surface area contributed by atoms with Crippen LogP contribution in [0.3, 0.4) is 0 Å². The molecule has 0 spiro atoms. The smallest absolute Gasteiger partial charge is 0.357 e. The van der Waals surface area contributed by atoms with Crippen LogP contribution in [0.4, 0.5) is 13.2 Å². The van der Waals surface area contributed by atoms with E-state index < -0.39 is 12.6 Å². The van der Waals surface area contributed by atoms with Crippen LogP contribution >= 0.6 is 0 Å². The van der Waals surface area contributed by atoms with Crippen LogP contribution in [0.15, 0.2) is 41.7 Å². The molecule has 2 N–H and O–H groups in total. The summed E-state index contributed by atoms with van der Waals surface area (Å²) in [5, 5.41) is 5.67. The van der Waals surface area contributed by atoms with Crippen molar-refractivity contribution in [1.82, 2.24) is 20.2 Å². The van der Waals surface area contributed by atoms with Crippen LogP contribution in [0.1, 0.15) is 30.3 Å². The molecule has 0 bridgehead atoms. The first kappa shape index (κ1) is 19.8. The molecule has 26 heavy (non-hydrogen) atoms. The second-order valence-corrected chi connectivity index (χ2v) is 5.91. The Hall–Kier alpha value is -2.51. The molecule has 142 valence electrons. The van der Waals surface area contributed by atoms with Gasteiger partial charge in [-0.2, -0.15) is 13.2 Å². The molecule has 0 aliphatic carbocycles. The van der Waals surface area contributed by atoms with Crippen LogP contribution in [0.25, 0.3) is 0 Å². The maximum atomic E-state index is 12.3. The summed E-state index contributed by atoms with van der Waals surface area (Å²) >= 11 is 0. The van der Waals surface area contributed by atoms with Gasteiger partial charge in [0, 0.05) is 32.0 Å². The highest BCUT2D eigenvalue weighted by Crippen LogP contribution is 2.18. The fourth-order valence-electron chi connectivity index (χ4n) is 2.43. The van der Waals surface area contributed by atoms with Gasteiger partial charge in [0.2, 0.25) is 0 Å². The Labute approximate surface area is 151 Å².